The Labute approximate surface area is 206 Å². The van der Waals surface area contributed by atoms with E-state index in [2.05, 4.69) is 25.6 Å². The largest absolute Gasteiger partial charge is 0.480 e. The maximum atomic E-state index is 13.7. The minimum absolute atomic E-state index is 0.0763. The van der Waals surface area contributed by atoms with Crippen molar-refractivity contribution >= 4 is 17.8 Å². The van der Waals surface area contributed by atoms with Crippen molar-refractivity contribution in [2.75, 3.05) is 5.32 Å². The second-order valence-corrected chi connectivity index (χ2v) is 8.30. The zero-order chi connectivity index (χ0) is 25.7. The number of aromatic nitrogens is 3. The average Bonchev–Trinajstić information content (AvgIpc) is 3.54. The van der Waals surface area contributed by atoms with Gasteiger partial charge in [0.15, 0.2) is 5.95 Å². The van der Waals surface area contributed by atoms with Crippen LogP contribution in [-0.2, 0) is 24.2 Å². The Kier molecular flexibility index (Phi) is 7.43. The van der Waals surface area contributed by atoms with Crippen LogP contribution in [0.1, 0.15) is 39.7 Å². The first-order valence-corrected chi connectivity index (χ1v) is 11.4. The highest BCUT2D eigenvalue weighted by atomic mass is 19.1. The van der Waals surface area contributed by atoms with Crippen LogP contribution in [0.3, 0.4) is 0 Å². The maximum Gasteiger partial charge on any atom is 0.326 e. The molecule has 0 aliphatic carbocycles. The molecule has 9 nitrogen and oxygen atoms in total. The van der Waals surface area contributed by atoms with Crippen molar-refractivity contribution in [3.63, 3.8) is 0 Å². The summed E-state index contributed by atoms with van der Waals surface area (Å²) in [7, 11) is 0. The Hall–Kier alpha value is -4.47. The van der Waals surface area contributed by atoms with Gasteiger partial charge in [-0.05, 0) is 54.3 Å². The van der Waals surface area contributed by atoms with E-state index in [1.54, 1.807) is 49.8 Å². The number of halogens is 1. The molecule has 0 spiro atoms. The highest BCUT2D eigenvalue weighted by Gasteiger charge is 2.24. The molecular formula is C26H26FN5O4. The van der Waals surface area contributed by atoms with E-state index in [9.17, 15) is 19.1 Å². The number of carbonyl (C=O) groups excluding carboxylic acids is 1. The molecule has 0 radical (unpaired) electrons. The lowest BCUT2D eigenvalue weighted by molar-refractivity contribution is -0.139. The second-order valence-electron chi connectivity index (χ2n) is 8.30. The van der Waals surface area contributed by atoms with Gasteiger partial charge in [0.05, 0.1) is 12.7 Å². The van der Waals surface area contributed by atoms with Gasteiger partial charge in [0.1, 0.15) is 17.6 Å². The molecule has 0 saturated heterocycles. The SMILES string of the molecule is CCc1cc(F)cc(C)c1C(=O)NC(Cc1ccc(-c2ncc(CNc3ncc[nH]3)o2)cc1)C(=O)O. The first-order chi connectivity index (χ1) is 17.3. The molecule has 4 rings (SSSR count). The first-order valence-electron chi connectivity index (χ1n) is 11.4. The van der Waals surface area contributed by atoms with Gasteiger partial charge in [-0.1, -0.05) is 19.1 Å². The van der Waals surface area contributed by atoms with Gasteiger partial charge in [0.2, 0.25) is 5.89 Å². The van der Waals surface area contributed by atoms with Crippen molar-refractivity contribution in [1.29, 1.82) is 0 Å². The Balaban J connectivity index is 1.42. The number of amides is 1. The number of nitrogens with zero attached hydrogens (tertiary/aromatic N) is 2. The summed E-state index contributed by atoms with van der Waals surface area (Å²) in [6, 6.07) is 8.52. The number of H-pyrrole nitrogens is 1. The van der Waals surface area contributed by atoms with Crippen LogP contribution in [0.25, 0.3) is 11.5 Å². The molecule has 10 heteroatoms. The van der Waals surface area contributed by atoms with Gasteiger partial charge in [0, 0.05) is 29.9 Å². The molecule has 4 aromatic rings. The van der Waals surface area contributed by atoms with E-state index in [1.807, 2.05) is 6.92 Å². The quantitative estimate of drug-likeness (QED) is 0.262. The third-order valence-corrected chi connectivity index (χ3v) is 5.72. The number of carboxylic acids is 1. The van der Waals surface area contributed by atoms with E-state index in [1.165, 1.54) is 12.1 Å². The molecule has 1 unspecified atom stereocenters. The third kappa shape index (κ3) is 5.77. The number of benzene rings is 2. The number of nitrogens with one attached hydrogen (secondary N) is 3. The topological polar surface area (TPSA) is 133 Å². The number of hydrogen-bond donors (Lipinski definition) is 4. The minimum Gasteiger partial charge on any atom is -0.480 e. The summed E-state index contributed by atoms with van der Waals surface area (Å²) >= 11 is 0. The third-order valence-electron chi connectivity index (χ3n) is 5.72. The Morgan fingerprint density at radius 2 is 1.97 bits per heavy atom. The fourth-order valence-electron chi connectivity index (χ4n) is 3.92. The number of anilines is 1. The summed E-state index contributed by atoms with van der Waals surface area (Å²) in [4.78, 5) is 36.1. The van der Waals surface area contributed by atoms with Crippen LogP contribution in [-0.4, -0.2) is 38.0 Å². The van der Waals surface area contributed by atoms with Crippen molar-refractivity contribution < 1.29 is 23.5 Å². The number of imidazole rings is 1. The molecule has 36 heavy (non-hydrogen) atoms. The highest BCUT2D eigenvalue weighted by Crippen LogP contribution is 2.21. The molecule has 2 aromatic carbocycles. The number of aromatic amines is 1. The second kappa shape index (κ2) is 10.9. The molecule has 0 fully saturated rings. The molecule has 0 aliphatic heterocycles. The monoisotopic (exact) mass is 491 g/mol. The zero-order valence-corrected chi connectivity index (χ0v) is 19.8. The molecule has 2 aromatic heterocycles. The maximum absolute atomic E-state index is 13.7. The van der Waals surface area contributed by atoms with Gasteiger partial charge in [-0.3, -0.25) is 4.79 Å². The predicted molar refractivity (Wildman–Crippen MR) is 131 cm³/mol. The lowest BCUT2D eigenvalue weighted by Crippen LogP contribution is -2.42. The molecule has 0 saturated carbocycles. The highest BCUT2D eigenvalue weighted by molar-refractivity contribution is 5.99. The molecule has 0 aliphatic rings. The van der Waals surface area contributed by atoms with Crippen molar-refractivity contribution in [2.45, 2.75) is 39.3 Å². The predicted octanol–water partition coefficient (Wildman–Crippen LogP) is 4.11. The lowest BCUT2D eigenvalue weighted by Gasteiger charge is -2.17. The number of aryl methyl sites for hydroxylation is 2. The number of rotatable bonds is 10. The van der Waals surface area contributed by atoms with Gasteiger partial charge < -0.3 is 25.1 Å². The van der Waals surface area contributed by atoms with E-state index >= 15 is 0 Å². The van der Waals surface area contributed by atoms with Gasteiger partial charge in [-0.2, -0.15) is 0 Å². The Bertz CT molecular complexity index is 1350. The Morgan fingerprint density at radius 1 is 1.19 bits per heavy atom. The molecular weight excluding hydrogens is 465 g/mol. The smallest absolute Gasteiger partial charge is 0.326 e. The number of aliphatic carboxylic acids is 1. The van der Waals surface area contributed by atoms with E-state index in [4.69, 9.17) is 4.42 Å². The molecule has 1 amide bonds. The van der Waals surface area contributed by atoms with Gasteiger partial charge in [0.25, 0.3) is 5.91 Å². The van der Waals surface area contributed by atoms with E-state index < -0.39 is 23.7 Å². The summed E-state index contributed by atoms with van der Waals surface area (Å²) in [5.41, 5.74) is 2.74. The van der Waals surface area contributed by atoms with Crippen LogP contribution >= 0.6 is 0 Å². The Morgan fingerprint density at radius 3 is 2.64 bits per heavy atom. The number of oxazole rings is 1. The average molecular weight is 492 g/mol. The van der Waals surface area contributed by atoms with Crippen molar-refractivity contribution in [2.24, 2.45) is 0 Å². The van der Waals surface area contributed by atoms with Crippen LogP contribution in [0.2, 0.25) is 0 Å². The van der Waals surface area contributed by atoms with Crippen LogP contribution in [0, 0.1) is 12.7 Å². The minimum atomic E-state index is -1.16. The van der Waals surface area contributed by atoms with E-state index in [-0.39, 0.29) is 6.42 Å². The summed E-state index contributed by atoms with van der Waals surface area (Å²) in [6.07, 6.45) is 5.50. The molecule has 1 atom stereocenters. The fraction of sp³-hybridized carbons (Fsp3) is 0.231. The normalized spacial score (nSPS) is 11.8. The van der Waals surface area contributed by atoms with Crippen molar-refractivity contribution in [3.8, 4) is 11.5 Å². The van der Waals surface area contributed by atoms with Crippen LogP contribution in [0.15, 0.2) is 59.4 Å². The number of hydrogen-bond acceptors (Lipinski definition) is 6. The summed E-state index contributed by atoms with van der Waals surface area (Å²) in [5, 5.41) is 15.4. The van der Waals surface area contributed by atoms with Crippen molar-refractivity contribution in [1.82, 2.24) is 20.3 Å². The van der Waals surface area contributed by atoms with Crippen LogP contribution in [0.4, 0.5) is 10.3 Å². The standard InChI is InChI=1S/C26H26FN5O4/c1-3-17-12-19(27)10-15(2)22(17)23(33)32-21(25(34)35)11-16-4-6-18(7-5-16)24-30-13-20(36-24)14-31-26-28-8-9-29-26/h4-10,12-13,21H,3,11,14H2,1-2H3,(H,32,33)(H,34,35)(H2,28,29,31). The van der Waals surface area contributed by atoms with Gasteiger partial charge in [-0.25, -0.2) is 19.2 Å². The summed E-state index contributed by atoms with van der Waals surface area (Å²) < 4.78 is 19.5. The summed E-state index contributed by atoms with van der Waals surface area (Å²) in [6.45, 7) is 3.85. The molecule has 0 bridgehead atoms. The lowest BCUT2D eigenvalue weighted by atomic mass is 9.98. The van der Waals surface area contributed by atoms with Crippen LogP contribution in [0.5, 0.6) is 0 Å². The molecule has 2 heterocycles. The number of carboxylic acid groups (broad SMARTS) is 1. The van der Waals surface area contributed by atoms with Crippen LogP contribution < -0.4 is 10.6 Å². The van der Waals surface area contributed by atoms with Crippen molar-refractivity contribution in [3.05, 3.63) is 88.8 Å². The first kappa shape index (κ1) is 24.6. The van der Waals surface area contributed by atoms with E-state index in [0.717, 1.165) is 5.56 Å². The molecule has 186 valence electrons. The summed E-state index contributed by atoms with van der Waals surface area (Å²) in [5.74, 6) is -0.447. The van der Waals surface area contributed by atoms with E-state index in [0.29, 0.717) is 52.8 Å². The molecule has 4 N–H and O–H groups in total. The van der Waals surface area contributed by atoms with Gasteiger partial charge >= 0.3 is 5.97 Å². The number of carbonyl (C=O) groups is 2. The van der Waals surface area contributed by atoms with Gasteiger partial charge in [-0.15, -0.1) is 0 Å². The zero-order valence-electron chi connectivity index (χ0n) is 19.8. The fourth-order valence-corrected chi connectivity index (χ4v) is 3.92.